The van der Waals surface area contributed by atoms with Crippen LogP contribution in [-0.4, -0.2) is 19.2 Å². The van der Waals surface area contributed by atoms with Crippen LogP contribution in [0.5, 0.6) is 0 Å². The predicted octanol–water partition coefficient (Wildman–Crippen LogP) is 9.78. The predicted molar refractivity (Wildman–Crippen MR) is 162 cm³/mol. The molecule has 2 aromatic rings. The van der Waals surface area contributed by atoms with Crippen LogP contribution < -0.4 is 5.73 Å². The number of carbonyl (C=O) groups excluding carboxylic acids is 1. The van der Waals surface area contributed by atoms with Crippen molar-refractivity contribution in [1.82, 2.24) is 0 Å². The van der Waals surface area contributed by atoms with Gasteiger partial charge in [0.15, 0.2) is 0 Å². The Morgan fingerprint density at radius 3 is 2.18 bits per heavy atom. The Hall–Kier alpha value is -3.41. The average molecular weight is 523 g/mol. The van der Waals surface area contributed by atoms with Crippen molar-refractivity contribution in [3.63, 3.8) is 0 Å². The molecule has 2 aromatic carbocycles. The number of halogens is 1. The number of azo groups is 1. The number of hydrogen-bond donors (Lipinski definition) is 1. The Labute approximate surface area is 229 Å². The van der Waals surface area contributed by atoms with Crippen LogP contribution in [0.1, 0.15) is 89.6 Å². The van der Waals surface area contributed by atoms with Crippen LogP contribution in [0.15, 0.2) is 75.5 Å². The Kier molecular flexibility index (Phi) is 17.9. The molecule has 5 nitrogen and oxygen atoms in total. The third-order valence-electron chi connectivity index (χ3n) is 5.77. The number of allylic oxidation sites excluding steroid dienone is 3. The van der Waals surface area contributed by atoms with Gasteiger partial charge in [-0.3, -0.25) is 9.79 Å². The summed E-state index contributed by atoms with van der Waals surface area (Å²) in [5.74, 6) is -0.186. The molecule has 0 atom stereocenters. The van der Waals surface area contributed by atoms with E-state index in [0.29, 0.717) is 16.8 Å². The van der Waals surface area contributed by atoms with Crippen LogP contribution in [0.2, 0.25) is 0 Å². The van der Waals surface area contributed by atoms with Gasteiger partial charge in [0, 0.05) is 30.1 Å². The molecule has 0 aromatic heterocycles. The van der Waals surface area contributed by atoms with Crippen LogP contribution in [0.4, 0.5) is 10.1 Å². The van der Waals surface area contributed by atoms with Crippen LogP contribution in [0, 0.1) is 18.7 Å². The highest BCUT2D eigenvalue weighted by Crippen LogP contribution is 2.29. The second kappa shape index (κ2) is 19.7. The number of nitrogens with two attached hydrogens (primary N) is 1. The Balaban J connectivity index is 0.000000637. The first-order valence-corrected chi connectivity index (χ1v) is 13.4. The minimum absolute atomic E-state index is 0.145. The van der Waals surface area contributed by atoms with Gasteiger partial charge >= 0.3 is 0 Å². The molecule has 0 saturated carbocycles. The van der Waals surface area contributed by atoms with Gasteiger partial charge in [0.25, 0.3) is 0 Å². The third kappa shape index (κ3) is 13.8. The van der Waals surface area contributed by atoms with Gasteiger partial charge in [-0.25, -0.2) is 4.39 Å². The van der Waals surface area contributed by atoms with E-state index in [1.807, 2.05) is 33.1 Å². The monoisotopic (exact) mass is 522 g/mol. The lowest BCUT2D eigenvalue weighted by molar-refractivity contribution is 0.1000. The largest absolute Gasteiger partial charge is 0.366 e. The van der Waals surface area contributed by atoms with Crippen LogP contribution in [0.25, 0.3) is 11.1 Å². The summed E-state index contributed by atoms with van der Waals surface area (Å²) in [5.41, 5.74) is 10.1. The number of carbonyl (C=O) groups is 1. The van der Waals surface area contributed by atoms with E-state index < -0.39 is 11.7 Å². The van der Waals surface area contributed by atoms with Crippen molar-refractivity contribution in [2.75, 3.05) is 7.05 Å². The smallest absolute Gasteiger partial charge is 0.248 e. The third-order valence-corrected chi connectivity index (χ3v) is 5.77. The molecular weight excluding hydrogens is 475 g/mol. The number of nitrogens with zero attached hydrogens (tertiary/aromatic N) is 3. The maximum Gasteiger partial charge on any atom is 0.248 e. The number of benzene rings is 2. The van der Waals surface area contributed by atoms with Gasteiger partial charge in [-0.15, -0.1) is 0 Å². The van der Waals surface area contributed by atoms with Crippen LogP contribution in [-0.2, 0) is 0 Å². The Morgan fingerprint density at radius 2 is 1.74 bits per heavy atom. The van der Waals surface area contributed by atoms with Gasteiger partial charge in [-0.2, -0.15) is 10.2 Å². The zero-order valence-corrected chi connectivity index (χ0v) is 24.6. The van der Waals surface area contributed by atoms with Gasteiger partial charge < -0.3 is 5.73 Å². The summed E-state index contributed by atoms with van der Waals surface area (Å²) < 4.78 is 14.1. The molecule has 0 aliphatic carbocycles. The SMILES string of the molecule is C=C(C)N=C/C(=C\C)CC.CCCC(C)CCC.CN=Nc1cc(-c2ccc(C(N)=O)cc2F)ccc1C. The number of rotatable bonds is 10. The molecule has 0 unspecified atom stereocenters. The van der Waals surface area contributed by atoms with Gasteiger partial charge in [-0.05, 0) is 68.0 Å². The molecule has 38 heavy (non-hydrogen) atoms. The fourth-order valence-corrected chi connectivity index (χ4v) is 3.59. The Bertz CT molecular complexity index is 1100. The van der Waals surface area contributed by atoms with E-state index in [2.05, 4.69) is 55.6 Å². The van der Waals surface area contributed by atoms with Gasteiger partial charge in [0.2, 0.25) is 5.91 Å². The zero-order chi connectivity index (χ0) is 29.1. The maximum atomic E-state index is 14.1. The first-order valence-electron chi connectivity index (χ1n) is 13.4. The summed E-state index contributed by atoms with van der Waals surface area (Å²) in [6.07, 6.45) is 10.5. The molecule has 2 N–H and O–H groups in total. The fourth-order valence-electron chi connectivity index (χ4n) is 3.59. The second-order valence-electron chi connectivity index (χ2n) is 9.25. The lowest BCUT2D eigenvalue weighted by atomic mass is 10.0. The van der Waals surface area contributed by atoms with E-state index in [4.69, 9.17) is 5.73 Å². The fraction of sp³-hybridized carbons (Fsp3) is 0.438. The highest BCUT2D eigenvalue weighted by molar-refractivity contribution is 5.93. The van der Waals surface area contributed by atoms with E-state index in [9.17, 15) is 9.18 Å². The van der Waals surface area contributed by atoms with Crippen molar-refractivity contribution < 1.29 is 9.18 Å². The summed E-state index contributed by atoms with van der Waals surface area (Å²) in [7, 11) is 1.58. The molecule has 0 heterocycles. The zero-order valence-electron chi connectivity index (χ0n) is 24.6. The number of primary amides is 1. The van der Waals surface area contributed by atoms with Crippen LogP contribution in [0.3, 0.4) is 0 Å². The van der Waals surface area contributed by atoms with Crippen molar-refractivity contribution in [2.24, 2.45) is 26.9 Å². The lowest BCUT2D eigenvalue weighted by Gasteiger charge is -2.07. The normalized spacial score (nSPS) is 11.3. The molecule has 208 valence electrons. The number of hydrogen-bond acceptors (Lipinski definition) is 4. The summed E-state index contributed by atoms with van der Waals surface area (Å²) in [5, 5.41) is 7.73. The van der Waals surface area contributed by atoms with Crippen molar-refractivity contribution in [3.05, 3.63) is 77.3 Å². The molecule has 2 rings (SSSR count). The minimum atomic E-state index is -0.653. The molecule has 0 saturated heterocycles. The molecule has 6 heteroatoms. The van der Waals surface area contributed by atoms with E-state index in [1.165, 1.54) is 43.4 Å². The molecule has 0 bridgehead atoms. The number of amides is 1. The number of aryl methyl sites for hydroxylation is 1. The van der Waals surface area contributed by atoms with Gasteiger partial charge in [0.1, 0.15) is 5.82 Å². The summed E-state index contributed by atoms with van der Waals surface area (Å²) in [6, 6.07) is 9.57. The van der Waals surface area contributed by atoms with E-state index in [-0.39, 0.29) is 5.56 Å². The highest BCUT2D eigenvalue weighted by atomic mass is 19.1. The molecular formula is C32H47FN4O. The molecule has 0 aliphatic heterocycles. The van der Waals surface area contributed by atoms with Gasteiger partial charge in [-0.1, -0.05) is 84.2 Å². The number of aliphatic imine (C=N–C) groups is 1. The molecule has 0 spiro atoms. The second-order valence-corrected chi connectivity index (χ2v) is 9.25. The minimum Gasteiger partial charge on any atom is -0.366 e. The van der Waals surface area contributed by atoms with Gasteiger partial charge in [0.05, 0.1) is 5.69 Å². The van der Waals surface area contributed by atoms with E-state index in [1.54, 1.807) is 19.2 Å². The molecule has 0 radical (unpaired) electrons. The van der Waals surface area contributed by atoms with Crippen LogP contribution >= 0.6 is 0 Å². The van der Waals surface area contributed by atoms with Crippen molar-refractivity contribution in [1.29, 1.82) is 0 Å². The van der Waals surface area contributed by atoms with E-state index in [0.717, 1.165) is 29.7 Å². The standard InChI is InChI=1S/C15H14FN3O.C9H15N.C8H18/c1-9-3-4-10(8-14(9)19-18-2)12-6-5-11(15(17)20)7-13(12)16;1-5-9(6-2)7-10-8(3)4;1-4-6-8(3)7-5-2/h3-8H,1-2H3,(H2,17,20);5,7H,3,6H2,1-2,4H3;8H,4-7H2,1-3H3/b;9-5-,10-7?;. The quantitative estimate of drug-likeness (QED) is 0.244. The first-order chi connectivity index (χ1) is 18.0. The highest BCUT2D eigenvalue weighted by Gasteiger charge is 2.10. The van der Waals surface area contributed by atoms with E-state index >= 15 is 0 Å². The van der Waals surface area contributed by atoms with Crippen molar-refractivity contribution in [2.45, 2.75) is 80.6 Å². The van der Waals surface area contributed by atoms with Crippen molar-refractivity contribution >= 4 is 17.8 Å². The lowest BCUT2D eigenvalue weighted by Crippen LogP contribution is -2.11. The first kappa shape index (κ1) is 34.6. The average Bonchev–Trinajstić information content (AvgIpc) is 2.87. The molecule has 1 amide bonds. The maximum absolute atomic E-state index is 14.1. The molecule has 0 fully saturated rings. The Morgan fingerprint density at radius 1 is 1.11 bits per heavy atom. The van der Waals surface area contributed by atoms with Crippen molar-refractivity contribution in [3.8, 4) is 11.1 Å². The summed E-state index contributed by atoms with van der Waals surface area (Å²) in [6.45, 7) is 18.4. The topological polar surface area (TPSA) is 80.2 Å². The summed E-state index contributed by atoms with van der Waals surface area (Å²) >= 11 is 0. The summed E-state index contributed by atoms with van der Waals surface area (Å²) in [4.78, 5) is 15.1. The molecule has 0 aliphatic rings.